The predicted octanol–water partition coefficient (Wildman–Crippen LogP) is 9.71. The molecule has 2 heterocycles. The van der Waals surface area contributed by atoms with E-state index in [4.69, 9.17) is 9.97 Å². The Morgan fingerprint density at radius 2 is 0.902 bits per heavy atom. The summed E-state index contributed by atoms with van der Waals surface area (Å²) in [6.45, 7) is 0. The van der Waals surface area contributed by atoms with Crippen molar-refractivity contribution in [1.82, 2.24) is 14.5 Å². The maximum Gasteiger partial charge on any atom is 0.0972 e. The Morgan fingerprint density at radius 1 is 0.390 bits per heavy atom. The minimum absolute atomic E-state index is 0.889. The molecule has 3 nitrogen and oxygen atoms in total. The fourth-order valence-electron chi connectivity index (χ4n) is 6.82. The van der Waals surface area contributed by atoms with Crippen LogP contribution in [0.3, 0.4) is 0 Å². The summed E-state index contributed by atoms with van der Waals surface area (Å²) in [5.41, 5.74) is 14.8. The highest BCUT2D eigenvalue weighted by Gasteiger charge is 2.27. The molecule has 8 aromatic rings. The molecule has 2 aromatic heterocycles. The van der Waals surface area contributed by atoms with Gasteiger partial charge in [-0.05, 0) is 57.6 Å². The molecule has 9 rings (SSSR count). The molecule has 0 aliphatic heterocycles. The van der Waals surface area contributed by atoms with Crippen LogP contribution in [-0.4, -0.2) is 14.5 Å². The van der Waals surface area contributed by atoms with Gasteiger partial charge in [-0.3, -0.25) is 9.97 Å². The molecule has 0 fully saturated rings. The van der Waals surface area contributed by atoms with Crippen LogP contribution in [0, 0.1) is 0 Å². The fourth-order valence-corrected chi connectivity index (χ4v) is 6.82. The van der Waals surface area contributed by atoms with Crippen molar-refractivity contribution in [1.29, 1.82) is 0 Å². The monoisotopic (exact) mass is 521 g/mol. The van der Waals surface area contributed by atoms with E-state index in [-0.39, 0.29) is 0 Å². The lowest BCUT2D eigenvalue weighted by Gasteiger charge is -2.26. The highest BCUT2D eigenvalue weighted by Crippen LogP contribution is 2.51. The molecule has 41 heavy (non-hydrogen) atoms. The van der Waals surface area contributed by atoms with Crippen LogP contribution in [0.1, 0.15) is 0 Å². The quantitative estimate of drug-likeness (QED) is 0.215. The zero-order valence-electron chi connectivity index (χ0n) is 22.1. The van der Waals surface area contributed by atoms with E-state index in [0.717, 1.165) is 27.8 Å². The SMILES string of the molecule is c1ccc2c(c1)-c1ccccc1-c1ccc3nccnc3c1-c1c-2cccc1-n1c2ccccc2c2ccccc21. The van der Waals surface area contributed by atoms with Crippen molar-refractivity contribution in [2.24, 2.45) is 0 Å². The third kappa shape index (κ3) is 3.09. The Labute approximate surface area is 237 Å². The molecule has 190 valence electrons. The highest BCUT2D eigenvalue weighted by atomic mass is 15.0. The second kappa shape index (κ2) is 8.48. The minimum atomic E-state index is 0.889. The maximum absolute atomic E-state index is 4.97. The van der Waals surface area contributed by atoms with E-state index in [0.29, 0.717) is 0 Å². The van der Waals surface area contributed by atoms with E-state index in [1.54, 1.807) is 6.20 Å². The summed E-state index contributed by atoms with van der Waals surface area (Å²) in [4.78, 5) is 9.71. The molecule has 1 aliphatic carbocycles. The van der Waals surface area contributed by atoms with Crippen molar-refractivity contribution < 1.29 is 0 Å². The van der Waals surface area contributed by atoms with E-state index in [1.807, 2.05) is 6.20 Å². The Kier molecular flexibility index (Phi) is 4.61. The largest absolute Gasteiger partial charge is 0.309 e. The summed E-state index contributed by atoms with van der Waals surface area (Å²) in [5, 5.41) is 2.49. The van der Waals surface area contributed by atoms with Gasteiger partial charge in [-0.15, -0.1) is 0 Å². The van der Waals surface area contributed by atoms with Gasteiger partial charge in [-0.2, -0.15) is 0 Å². The van der Waals surface area contributed by atoms with Gasteiger partial charge in [-0.1, -0.05) is 103 Å². The van der Waals surface area contributed by atoms with Crippen LogP contribution in [0.4, 0.5) is 0 Å². The van der Waals surface area contributed by atoms with Crippen molar-refractivity contribution in [3.05, 3.63) is 140 Å². The normalized spacial score (nSPS) is 11.9. The van der Waals surface area contributed by atoms with Crippen LogP contribution in [-0.2, 0) is 0 Å². The fraction of sp³-hybridized carbons (Fsp3) is 0. The Hall–Kier alpha value is -5.54. The summed E-state index contributed by atoms with van der Waals surface area (Å²) in [6, 6.07) is 46.0. The molecular weight excluding hydrogens is 498 g/mol. The smallest absolute Gasteiger partial charge is 0.0972 e. The Bertz CT molecular complexity index is 2270. The first-order chi connectivity index (χ1) is 20.4. The molecule has 1 aliphatic rings. The number of benzene rings is 6. The summed E-state index contributed by atoms with van der Waals surface area (Å²) >= 11 is 0. The topological polar surface area (TPSA) is 30.7 Å². The molecule has 0 radical (unpaired) electrons. The van der Waals surface area contributed by atoms with E-state index < -0.39 is 0 Å². The maximum atomic E-state index is 4.97. The molecule has 0 spiro atoms. The third-order valence-corrected chi connectivity index (χ3v) is 8.48. The summed E-state index contributed by atoms with van der Waals surface area (Å²) in [5.74, 6) is 0. The summed E-state index contributed by atoms with van der Waals surface area (Å²) < 4.78 is 2.43. The highest BCUT2D eigenvalue weighted by molar-refractivity contribution is 6.14. The second-order valence-electron chi connectivity index (χ2n) is 10.6. The van der Waals surface area contributed by atoms with Gasteiger partial charge in [0.15, 0.2) is 0 Å². The first-order valence-electron chi connectivity index (χ1n) is 13.9. The standard InChI is InChI=1S/C38H23N3/c1-3-12-26-24(10-1)25-11-2-4-13-27(25)31-20-21-32-38(40-23-22-39-32)37(31)36-30(26)16-9-19-35(36)41-33-17-7-5-14-28(33)29-15-6-8-18-34(29)41/h1-23H. The Balaban J connectivity index is 1.54. The van der Waals surface area contributed by atoms with Crippen LogP contribution in [0.2, 0.25) is 0 Å². The lowest BCUT2D eigenvalue weighted by Crippen LogP contribution is -2.04. The number of aromatic nitrogens is 3. The van der Waals surface area contributed by atoms with Crippen LogP contribution < -0.4 is 0 Å². The number of para-hydroxylation sites is 2. The number of hydrogen-bond acceptors (Lipinski definition) is 2. The van der Waals surface area contributed by atoms with Crippen LogP contribution in [0.15, 0.2) is 140 Å². The van der Waals surface area contributed by atoms with Gasteiger partial charge in [0.25, 0.3) is 0 Å². The molecular formula is C38H23N3. The van der Waals surface area contributed by atoms with E-state index in [9.17, 15) is 0 Å². The molecule has 6 aromatic carbocycles. The zero-order chi connectivity index (χ0) is 26.9. The van der Waals surface area contributed by atoms with Gasteiger partial charge in [0.1, 0.15) is 0 Å². The van der Waals surface area contributed by atoms with E-state index in [2.05, 4.69) is 132 Å². The van der Waals surface area contributed by atoms with Crippen LogP contribution in [0.5, 0.6) is 0 Å². The van der Waals surface area contributed by atoms with E-state index in [1.165, 1.54) is 55.2 Å². The first-order valence-corrected chi connectivity index (χ1v) is 13.9. The molecule has 0 amide bonds. The average Bonchev–Trinajstić information content (AvgIpc) is 3.37. The van der Waals surface area contributed by atoms with Crippen molar-refractivity contribution in [3.8, 4) is 50.2 Å². The third-order valence-electron chi connectivity index (χ3n) is 8.48. The predicted molar refractivity (Wildman–Crippen MR) is 169 cm³/mol. The van der Waals surface area contributed by atoms with Gasteiger partial charge in [0.2, 0.25) is 0 Å². The number of rotatable bonds is 1. The first kappa shape index (κ1) is 22.3. The van der Waals surface area contributed by atoms with Gasteiger partial charge in [0.05, 0.1) is 27.8 Å². The molecule has 0 N–H and O–H groups in total. The van der Waals surface area contributed by atoms with Gasteiger partial charge in [-0.25, -0.2) is 0 Å². The second-order valence-corrected chi connectivity index (χ2v) is 10.6. The lowest BCUT2D eigenvalue weighted by molar-refractivity contribution is 1.18. The van der Waals surface area contributed by atoms with Gasteiger partial charge >= 0.3 is 0 Å². The minimum Gasteiger partial charge on any atom is -0.309 e. The van der Waals surface area contributed by atoms with E-state index >= 15 is 0 Å². The van der Waals surface area contributed by atoms with Crippen molar-refractivity contribution in [2.75, 3.05) is 0 Å². The average molecular weight is 522 g/mol. The number of hydrogen-bond donors (Lipinski definition) is 0. The van der Waals surface area contributed by atoms with Crippen molar-refractivity contribution in [2.45, 2.75) is 0 Å². The molecule has 0 atom stereocenters. The molecule has 0 saturated heterocycles. The van der Waals surface area contributed by atoms with Crippen LogP contribution >= 0.6 is 0 Å². The van der Waals surface area contributed by atoms with Crippen molar-refractivity contribution >= 4 is 32.8 Å². The summed E-state index contributed by atoms with van der Waals surface area (Å²) in [6.07, 6.45) is 3.59. The molecule has 0 saturated carbocycles. The van der Waals surface area contributed by atoms with Gasteiger partial charge in [0, 0.05) is 34.3 Å². The van der Waals surface area contributed by atoms with Gasteiger partial charge < -0.3 is 4.57 Å². The Morgan fingerprint density at radius 3 is 1.56 bits per heavy atom. The number of fused-ring (bicyclic) bond motifs is 13. The summed E-state index contributed by atoms with van der Waals surface area (Å²) in [7, 11) is 0. The molecule has 0 unspecified atom stereocenters. The van der Waals surface area contributed by atoms with Crippen molar-refractivity contribution in [3.63, 3.8) is 0 Å². The molecule has 3 heteroatoms. The number of nitrogens with zero attached hydrogens (tertiary/aromatic N) is 3. The zero-order valence-corrected chi connectivity index (χ0v) is 22.1. The lowest BCUT2D eigenvalue weighted by atomic mass is 9.80. The van der Waals surface area contributed by atoms with Crippen LogP contribution in [0.25, 0.3) is 83.0 Å². The molecule has 0 bridgehead atoms.